The summed E-state index contributed by atoms with van der Waals surface area (Å²) >= 11 is 7.87. The molecule has 25 heavy (non-hydrogen) atoms. The van der Waals surface area contributed by atoms with Gasteiger partial charge in [-0.15, -0.1) is 11.3 Å². The van der Waals surface area contributed by atoms with E-state index in [-0.39, 0.29) is 0 Å². The molecule has 0 spiro atoms. The number of nitrogens with zero attached hydrogens (tertiary/aromatic N) is 4. The number of hydrogen-bond donors (Lipinski definition) is 0. The fourth-order valence-electron chi connectivity index (χ4n) is 3.98. The fourth-order valence-corrected chi connectivity index (χ4v) is 5.33. The van der Waals surface area contributed by atoms with Gasteiger partial charge in [0.25, 0.3) is 0 Å². The first-order valence-corrected chi connectivity index (χ1v) is 10.00. The van der Waals surface area contributed by atoms with E-state index in [1.54, 1.807) is 6.33 Å². The van der Waals surface area contributed by atoms with Crippen LogP contribution >= 0.6 is 22.9 Å². The van der Waals surface area contributed by atoms with E-state index in [4.69, 9.17) is 11.6 Å². The van der Waals surface area contributed by atoms with Crippen LogP contribution in [0.1, 0.15) is 16.9 Å². The molecule has 1 aliphatic heterocycles. The van der Waals surface area contributed by atoms with E-state index >= 15 is 0 Å². The van der Waals surface area contributed by atoms with Gasteiger partial charge in [0.1, 0.15) is 17.0 Å². The molecule has 1 fully saturated rings. The van der Waals surface area contributed by atoms with E-state index < -0.39 is 0 Å². The number of anilines is 2. The van der Waals surface area contributed by atoms with Crippen LogP contribution in [0.5, 0.6) is 0 Å². The van der Waals surface area contributed by atoms with Crippen molar-refractivity contribution in [2.45, 2.75) is 19.3 Å². The maximum absolute atomic E-state index is 6.00. The maximum Gasteiger partial charge on any atom is 0.141 e. The van der Waals surface area contributed by atoms with E-state index in [2.05, 4.69) is 31.9 Å². The van der Waals surface area contributed by atoms with Crippen LogP contribution in [0, 0.1) is 0 Å². The zero-order valence-corrected chi connectivity index (χ0v) is 15.5. The third-order valence-electron chi connectivity index (χ3n) is 5.25. The molecule has 1 saturated heterocycles. The zero-order valence-electron chi connectivity index (χ0n) is 13.9. The molecule has 0 bridgehead atoms. The van der Waals surface area contributed by atoms with E-state index in [0.29, 0.717) is 0 Å². The normalized spacial score (nSPS) is 17.3. The molecule has 5 rings (SSSR count). The summed E-state index contributed by atoms with van der Waals surface area (Å²) in [5.41, 5.74) is 2.75. The number of thiophene rings is 1. The molecular formula is C19H19ClN4S. The highest BCUT2D eigenvalue weighted by Gasteiger charge is 2.25. The first kappa shape index (κ1) is 15.4. The van der Waals surface area contributed by atoms with Crippen molar-refractivity contribution in [3.8, 4) is 0 Å². The third kappa shape index (κ3) is 2.66. The molecule has 0 radical (unpaired) electrons. The molecule has 4 nitrogen and oxygen atoms in total. The first-order valence-electron chi connectivity index (χ1n) is 8.80. The van der Waals surface area contributed by atoms with Crippen LogP contribution < -0.4 is 9.80 Å². The average molecular weight is 371 g/mol. The number of aromatic nitrogens is 2. The quantitative estimate of drug-likeness (QED) is 0.678. The lowest BCUT2D eigenvalue weighted by atomic mass is 10.1. The molecule has 3 aromatic rings. The number of piperazine rings is 1. The molecule has 2 aliphatic rings. The average Bonchev–Trinajstić information content (AvgIpc) is 3.23. The number of fused-ring (bicyclic) bond motifs is 3. The molecule has 0 N–H and O–H groups in total. The van der Waals surface area contributed by atoms with Gasteiger partial charge in [-0.3, -0.25) is 0 Å². The molecule has 6 heteroatoms. The SMILES string of the molecule is Clc1ccc(N2CCN(c3ncnc4sc5c(c34)CCC5)CC2)cc1. The van der Waals surface area contributed by atoms with Crippen molar-refractivity contribution in [1.29, 1.82) is 0 Å². The summed E-state index contributed by atoms with van der Waals surface area (Å²) in [5, 5.41) is 2.11. The summed E-state index contributed by atoms with van der Waals surface area (Å²) in [6.07, 6.45) is 5.39. The Morgan fingerprint density at radius 2 is 1.68 bits per heavy atom. The summed E-state index contributed by atoms with van der Waals surface area (Å²) < 4.78 is 0. The second kappa shape index (κ2) is 6.15. The minimum Gasteiger partial charge on any atom is -0.368 e. The van der Waals surface area contributed by atoms with Gasteiger partial charge in [0, 0.05) is 41.8 Å². The molecular weight excluding hydrogens is 352 g/mol. The Morgan fingerprint density at radius 3 is 2.48 bits per heavy atom. The minimum atomic E-state index is 0.789. The largest absolute Gasteiger partial charge is 0.368 e. The Bertz CT molecular complexity index is 913. The van der Waals surface area contributed by atoms with Crippen LogP contribution in [-0.2, 0) is 12.8 Å². The number of benzene rings is 1. The first-order chi connectivity index (χ1) is 12.3. The van der Waals surface area contributed by atoms with Gasteiger partial charge in [0.2, 0.25) is 0 Å². The van der Waals surface area contributed by atoms with Crippen LogP contribution in [0.15, 0.2) is 30.6 Å². The number of halogens is 1. The van der Waals surface area contributed by atoms with E-state index in [9.17, 15) is 0 Å². The summed E-state index contributed by atoms with van der Waals surface area (Å²) in [7, 11) is 0. The van der Waals surface area contributed by atoms with Crippen LogP contribution in [0.3, 0.4) is 0 Å². The molecule has 0 saturated carbocycles. The van der Waals surface area contributed by atoms with Crippen LogP contribution in [0.25, 0.3) is 10.2 Å². The number of aryl methyl sites for hydroxylation is 2. The zero-order chi connectivity index (χ0) is 16.8. The van der Waals surface area contributed by atoms with Gasteiger partial charge in [-0.2, -0.15) is 0 Å². The van der Waals surface area contributed by atoms with Gasteiger partial charge < -0.3 is 9.80 Å². The van der Waals surface area contributed by atoms with Gasteiger partial charge in [0.15, 0.2) is 0 Å². The lowest BCUT2D eigenvalue weighted by Crippen LogP contribution is -2.46. The van der Waals surface area contributed by atoms with Gasteiger partial charge >= 0.3 is 0 Å². The maximum atomic E-state index is 6.00. The smallest absolute Gasteiger partial charge is 0.141 e. The lowest BCUT2D eigenvalue weighted by Gasteiger charge is -2.37. The van der Waals surface area contributed by atoms with Gasteiger partial charge in [0.05, 0.1) is 5.39 Å². The number of hydrogen-bond acceptors (Lipinski definition) is 5. The van der Waals surface area contributed by atoms with Gasteiger partial charge in [-0.05, 0) is 49.1 Å². The van der Waals surface area contributed by atoms with Crippen LogP contribution in [-0.4, -0.2) is 36.1 Å². The Hall–Kier alpha value is -1.85. The summed E-state index contributed by atoms with van der Waals surface area (Å²) in [4.78, 5) is 16.7. The van der Waals surface area contributed by atoms with Crippen molar-refractivity contribution >= 4 is 44.7 Å². The highest BCUT2D eigenvalue weighted by Crippen LogP contribution is 2.40. The van der Waals surface area contributed by atoms with Gasteiger partial charge in [-0.25, -0.2) is 9.97 Å². The van der Waals surface area contributed by atoms with Crippen molar-refractivity contribution in [1.82, 2.24) is 9.97 Å². The Labute approximate surface area is 156 Å². The highest BCUT2D eigenvalue weighted by atomic mass is 35.5. The predicted octanol–water partition coefficient (Wildman–Crippen LogP) is 4.16. The fraction of sp³-hybridized carbons (Fsp3) is 0.368. The summed E-state index contributed by atoms with van der Waals surface area (Å²) in [6, 6.07) is 8.14. The Balaban J connectivity index is 1.41. The Kier molecular flexibility index (Phi) is 3.79. The van der Waals surface area contributed by atoms with Crippen LogP contribution in [0.2, 0.25) is 5.02 Å². The van der Waals surface area contributed by atoms with Crippen molar-refractivity contribution in [2.24, 2.45) is 0 Å². The molecule has 1 aliphatic carbocycles. The van der Waals surface area contributed by atoms with Crippen molar-refractivity contribution in [3.05, 3.63) is 46.1 Å². The third-order valence-corrected chi connectivity index (χ3v) is 6.70. The van der Waals surface area contributed by atoms with Crippen molar-refractivity contribution in [2.75, 3.05) is 36.0 Å². The van der Waals surface area contributed by atoms with E-state index in [1.165, 1.54) is 40.8 Å². The molecule has 2 aromatic heterocycles. The van der Waals surface area contributed by atoms with Crippen molar-refractivity contribution < 1.29 is 0 Å². The molecule has 0 atom stereocenters. The Morgan fingerprint density at radius 1 is 0.920 bits per heavy atom. The topological polar surface area (TPSA) is 32.3 Å². The van der Waals surface area contributed by atoms with Crippen molar-refractivity contribution in [3.63, 3.8) is 0 Å². The van der Waals surface area contributed by atoms with Crippen LogP contribution in [0.4, 0.5) is 11.5 Å². The minimum absolute atomic E-state index is 0.789. The lowest BCUT2D eigenvalue weighted by molar-refractivity contribution is 0.649. The van der Waals surface area contributed by atoms with E-state index in [1.807, 2.05) is 23.5 Å². The molecule has 3 heterocycles. The predicted molar refractivity (Wildman–Crippen MR) is 105 cm³/mol. The molecule has 128 valence electrons. The molecule has 1 aromatic carbocycles. The number of rotatable bonds is 2. The van der Waals surface area contributed by atoms with Gasteiger partial charge in [-0.1, -0.05) is 11.6 Å². The molecule has 0 amide bonds. The monoisotopic (exact) mass is 370 g/mol. The molecule has 0 unspecified atom stereocenters. The van der Waals surface area contributed by atoms with E-state index in [0.717, 1.165) is 41.8 Å². The second-order valence-corrected chi connectivity index (χ2v) is 8.21. The second-order valence-electron chi connectivity index (χ2n) is 6.69. The summed E-state index contributed by atoms with van der Waals surface area (Å²) in [6.45, 7) is 3.97. The summed E-state index contributed by atoms with van der Waals surface area (Å²) in [5.74, 6) is 1.14. The standard InChI is InChI=1S/C19H19ClN4S/c20-13-4-6-14(7-5-13)23-8-10-24(11-9-23)18-17-15-2-1-3-16(15)25-19(17)22-12-21-18/h4-7,12H,1-3,8-11H2. The highest BCUT2D eigenvalue weighted by molar-refractivity contribution is 7.19.